The lowest BCUT2D eigenvalue weighted by atomic mass is 10.0. The van der Waals surface area contributed by atoms with E-state index in [1.165, 1.54) is 24.8 Å². The summed E-state index contributed by atoms with van der Waals surface area (Å²) in [5, 5.41) is 22.1. The van der Waals surface area contributed by atoms with Crippen molar-refractivity contribution in [2.24, 2.45) is 0 Å². The molecule has 2 N–H and O–H groups in total. The second-order valence-electron chi connectivity index (χ2n) is 12.3. The fourth-order valence-corrected chi connectivity index (χ4v) is 6.35. The van der Waals surface area contributed by atoms with Gasteiger partial charge in [0, 0.05) is 22.5 Å². The lowest BCUT2D eigenvalue weighted by Gasteiger charge is -2.36. The molecule has 0 bridgehead atoms. The van der Waals surface area contributed by atoms with E-state index in [9.17, 15) is 10.2 Å². The number of hydrogen-bond acceptors (Lipinski definition) is 5. The molecule has 2 aromatic carbocycles. The summed E-state index contributed by atoms with van der Waals surface area (Å²) in [6.45, 7) is 14.1. The summed E-state index contributed by atoms with van der Waals surface area (Å²) >= 11 is 1.76. The van der Waals surface area contributed by atoms with Crippen LogP contribution in [0.15, 0.2) is 57.8 Å². The molecule has 3 rings (SSSR count). The molecule has 6 heteroatoms. The summed E-state index contributed by atoms with van der Waals surface area (Å²) in [6, 6.07) is 17.2. The van der Waals surface area contributed by atoms with Crippen LogP contribution in [0.4, 0.5) is 0 Å². The zero-order chi connectivity index (χ0) is 28.5. The highest BCUT2D eigenvalue weighted by molar-refractivity contribution is 7.99. The normalized spacial score (nSPS) is 14.2. The maximum Gasteiger partial charge on any atom is 0.191 e. The molecule has 0 aliphatic heterocycles. The maximum absolute atomic E-state index is 10.4. The molecule has 4 nitrogen and oxygen atoms in total. The van der Waals surface area contributed by atoms with Gasteiger partial charge >= 0.3 is 0 Å². The highest BCUT2D eigenvalue weighted by Crippen LogP contribution is 2.36. The standard InChI is InChI=1S/C33H50O4SSi/c1-7-8-9-12-25-15-17-26(18-16-25)31-23-27-19-20-28(24-32(27)37-31)38-22-11-14-30(35)29(34)13-10-21-36-39(5,6)33(2,3)4/h15-20,23-24,29-30,34-35H,7-14,21-22H2,1-6H3. The van der Waals surface area contributed by atoms with Crippen molar-refractivity contribution in [1.29, 1.82) is 0 Å². The molecule has 0 spiro atoms. The van der Waals surface area contributed by atoms with E-state index in [4.69, 9.17) is 8.84 Å². The van der Waals surface area contributed by atoms with Crippen molar-refractivity contribution in [3.05, 3.63) is 54.1 Å². The first-order valence-corrected chi connectivity index (χ1v) is 18.7. The van der Waals surface area contributed by atoms with Crippen molar-refractivity contribution in [2.75, 3.05) is 12.4 Å². The van der Waals surface area contributed by atoms with Crippen LogP contribution in [0.3, 0.4) is 0 Å². The molecule has 1 aromatic heterocycles. The Morgan fingerprint density at radius 2 is 1.59 bits per heavy atom. The smallest absolute Gasteiger partial charge is 0.191 e. The van der Waals surface area contributed by atoms with Gasteiger partial charge in [-0.1, -0.05) is 64.8 Å². The Morgan fingerprint density at radius 3 is 2.26 bits per heavy atom. The van der Waals surface area contributed by atoms with Crippen LogP contribution in [0.2, 0.25) is 18.1 Å². The third-order valence-electron chi connectivity index (χ3n) is 8.07. The summed E-state index contributed by atoms with van der Waals surface area (Å²) in [7, 11) is -1.76. The Kier molecular flexibility index (Phi) is 12.2. The van der Waals surface area contributed by atoms with Gasteiger partial charge in [-0.05, 0) is 92.2 Å². The van der Waals surface area contributed by atoms with Gasteiger partial charge in [0.15, 0.2) is 8.32 Å². The third kappa shape index (κ3) is 9.78. The first kappa shape index (κ1) is 31.9. The van der Waals surface area contributed by atoms with Crippen molar-refractivity contribution in [1.82, 2.24) is 0 Å². The van der Waals surface area contributed by atoms with Crippen LogP contribution in [0.5, 0.6) is 0 Å². The molecular formula is C33H50O4SSi. The number of aryl methyl sites for hydroxylation is 1. The summed E-state index contributed by atoms with van der Waals surface area (Å²) in [5.41, 5.74) is 3.39. The number of furan rings is 1. The first-order chi connectivity index (χ1) is 18.5. The molecule has 2 unspecified atom stereocenters. The van der Waals surface area contributed by atoms with Crippen LogP contribution in [-0.4, -0.2) is 43.1 Å². The second-order valence-corrected chi connectivity index (χ2v) is 18.3. The predicted octanol–water partition coefficient (Wildman–Crippen LogP) is 9.23. The molecule has 0 saturated heterocycles. The van der Waals surface area contributed by atoms with Crippen LogP contribution in [0.1, 0.15) is 78.2 Å². The number of hydrogen-bond donors (Lipinski definition) is 2. The topological polar surface area (TPSA) is 62.8 Å². The average molecular weight is 571 g/mol. The van der Waals surface area contributed by atoms with E-state index in [0.29, 0.717) is 19.4 Å². The highest BCUT2D eigenvalue weighted by atomic mass is 32.2. The first-order valence-electron chi connectivity index (χ1n) is 14.8. The third-order valence-corrected chi connectivity index (χ3v) is 13.7. The van der Waals surface area contributed by atoms with Crippen LogP contribution >= 0.6 is 11.8 Å². The van der Waals surface area contributed by atoms with E-state index in [2.05, 4.69) is 89.3 Å². The molecule has 0 saturated carbocycles. The number of thioether (sulfide) groups is 1. The summed E-state index contributed by atoms with van der Waals surface area (Å²) in [4.78, 5) is 1.16. The van der Waals surface area contributed by atoms with Gasteiger partial charge in [0.2, 0.25) is 0 Å². The Labute approximate surface area is 241 Å². The molecule has 0 amide bonds. The van der Waals surface area contributed by atoms with Crippen LogP contribution in [0.25, 0.3) is 22.3 Å². The zero-order valence-corrected chi connectivity index (χ0v) is 26.8. The van der Waals surface area contributed by atoms with Gasteiger partial charge in [-0.2, -0.15) is 0 Å². The summed E-state index contributed by atoms with van der Waals surface area (Å²) in [5.74, 6) is 1.79. The van der Waals surface area contributed by atoms with Crippen molar-refractivity contribution in [3.63, 3.8) is 0 Å². The van der Waals surface area contributed by atoms with Gasteiger partial charge in [0.25, 0.3) is 0 Å². The van der Waals surface area contributed by atoms with Gasteiger partial charge in [-0.25, -0.2) is 0 Å². The fourth-order valence-electron chi connectivity index (χ4n) is 4.36. The minimum absolute atomic E-state index is 0.187. The Bertz CT molecular complexity index is 1130. The van der Waals surface area contributed by atoms with E-state index in [-0.39, 0.29) is 5.04 Å². The van der Waals surface area contributed by atoms with E-state index >= 15 is 0 Å². The number of benzene rings is 2. The quantitative estimate of drug-likeness (QED) is 0.102. The molecule has 0 aliphatic rings. The molecule has 0 aliphatic carbocycles. The molecule has 216 valence electrons. The average Bonchev–Trinajstić information content (AvgIpc) is 3.32. The number of unbranched alkanes of at least 4 members (excludes halogenated alkanes) is 2. The highest BCUT2D eigenvalue weighted by Gasteiger charge is 2.36. The fraction of sp³-hybridized carbons (Fsp3) is 0.576. The minimum atomic E-state index is -1.76. The molecule has 3 aromatic rings. The number of aliphatic hydroxyl groups excluding tert-OH is 2. The Morgan fingerprint density at radius 1 is 0.897 bits per heavy atom. The van der Waals surface area contributed by atoms with Crippen molar-refractivity contribution in [2.45, 2.75) is 114 Å². The molecule has 2 atom stereocenters. The summed E-state index contributed by atoms with van der Waals surface area (Å²) < 4.78 is 12.4. The molecule has 1 heterocycles. The van der Waals surface area contributed by atoms with Gasteiger partial charge in [0.05, 0.1) is 12.2 Å². The molecule has 39 heavy (non-hydrogen) atoms. The van der Waals surface area contributed by atoms with E-state index < -0.39 is 20.5 Å². The van der Waals surface area contributed by atoms with E-state index in [1.54, 1.807) is 11.8 Å². The van der Waals surface area contributed by atoms with Gasteiger partial charge < -0.3 is 19.1 Å². The van der Waals surface area contributed by atoms with Gasteiger partial charge in [-0.15, -0.1) is 11.8 Å². The maximum atomic E-state index is 10.4. The SMILES string of the molecule is CCCCCc1ccc(-c2cc3ccc(SCCCC(O)C(O)CCCO[Si](C)(C)C(C)(C)C)cc3o2)cc1. The molecule has 0 radical (unpaired) electrons. The van der Waals surface area contributed by atoms with E-state index in [1.807, 2.05) is 0 Å². The lowest BCUT2D eigenvalue weighted by molar-refractivity contribution is 0.00666. The van der Waals surface area contributed by atoms with Gasteiger partial charge in [0.1, 0.15) is 11.3 Å². The zero-order valence-electron chi connectivity index (χ0n) is 25.0. The van der Waals surface area contributed by atoms with Crippen molar-refractivity contribution < 1.29 is 19.1 Å². The van der Waals surface area contributed by atoms with Gasteiger partial charge in [-0.3, -0.25) is 0 Å². The monoisotopic (exact) mass is 570 g/mol. The molecular weight excluding hydrogens is 521 g/mol. The summed E-state index contributed by atoms with van der Waals surface area (Å²) in [6.07, 6.45) is 6.31. The van der Waals surface area contributed by atoms with Crippen molar-refractivity contribution >= 4 is 31.0 Å². The number of aliphatic hydroxyl groups is 2. The van der Waals surface area contributed by atoms with Crippen molar-refractivity contribution in [3.8, 4) is 11.3 Å². The van der Waals surface area contributed by atoms with E-state index in [0.717, 1.165) is 52.2 Å². The second kappa shape index (κ2) is 14.9. The largest absolute Gasteiger partial charge is 0.456 e. The Balaban J connectivity index is 1.40. The van der Waals surface area contributed by atoms with Crippen LogP contribution in [0, 0.1) is 0 Å². The van der Waals surface area contributed by atoms with Crippen LogP contribution < -0.4 is 0 Å². The van der Waals surface area contributed by atoms with Crippen LogP contribution in [-0.2, 0) is 10.8 Å². The number of rotatable bonds is 16. The lowest BCUT2D eigenvalue weighted by Crippen LogP contribution is -2.41. The Hall–Kier alpha value is -1.57. The minimum Gasteiger partial charge on any atom is -0.456 e. The number of fused-ring (bicyclic) bond motifs is 1. The predicted molar refractivity (Wildman–Crippen MR) is 169 cm³/mol. The molecule has 0 fully saturated rings.